The average molecular weight is 307 g/mol. The highest BCUT2D eigenvalue weighted by Crippen LogP contribution is 2.18. The normalized spacial score (nSPS) is 11.1. The molecule has 3 aromatic rings. The zero-order chi connectivity index (χ0) is 16.4. The Labute approximate surface area is 136 Å². The fraction of sp³-hybridized carbons (Fsp3) is 0.263. The van der Waals surface area contributed by atoms with Crippen LogP contribution >= 0.6 is 0 Å². The third kappa shape index (κ3) is 2.97. The van der Waals surface area contributed by atoms with Crippen LogP contribution in [0.1, 0.15) is 35.7 Å². The van der Waals surface area contributed by atoms with Crippen LogP contribution < -0.4 is 0 Å². The number of hydrogen-bond acceptors (Lipinski definition) is 2. The Morgan fingerprint density at radius 1 is 1.13 bits per heavy atom. The first kappa shape index (κ1) is 15.3. The average Bonchev–Trinajstić information content (AvgIpc) is 2.90. The number of carbonyl (C=O) groups is 1. The first-order chi connectivity index (χ1) is 11.1. The number of hydrogen-bond donors (Lipinski definition) is 0. The highest BCUT2D eigenvalue weighted by Gasteiger charge is 2.24. The Morgan fingerprint density at radius 2 is 1.83 bits per heavy atom. The van der Waals surface area contributed by atoms with E-state index in [-0.39, 0.29) is 11.9 Å². The van der Waals surface area contributed by atoms with Crippen LogP contribution in [-0.4, -0.2) is 26.2 Å². The lowest BCUT2D eigenvalue weighted by Crippen LogP contribution is -2.36. The summed E-state index contributed by atoms with van der Waals surface area (Å²) in [6.45, 7) is 6.57. The summed E-state index contributed by atoms with van der Waals surface area (Å²) in [5.41, 5.74) is 2.50. The molecule has 0 aliphatic rings. The molecule has 3 rings (SSSR count). The van der Waals surface area contributed by atoms with Crippen LogP contribution in [0.25, 0.3) is 5.52 Å². The van der Waals surface area contributed by atoms with E-state index < -0.39 is 0 Å². The summed E-state index contributed by atoms with van der Waals surface area (Å²) in [4.78, 5) is 19.4. The molecule has 1 aromatic carbocycles. The molecule has 23 heavy (non-hydrogen) atoms. The van der Waals surface area contributed by atoms with Crippen molar-refractivity contribution >= 4 is 11.4 Å². The Hall–Kier alpha value is -2.62. The maximum Gasteiger partial charge on any atom is 0.275 e. The Morgan fingerprint density at radius 3 is 2.52 bits per heavy atom. The van der Waals surface area contributed by atoms with Crippen LogP contribution in [0.5, 0.6) is 0 Å². The van der Waals surface area contributed by atoms with Gasteiger partial charge in [-0.25, -0.2) is 4.98 Å². The van der Waals surface area contributed by atoms with E-state index in [2.05, 4.69) is 4.98 Å². The standard InChI is InChI=1S/C19H21N3O/c1-14(2)22(13-16-9-5-4-6-10-16)19(23)18-17-11-7-8-12-21(17)15(3)20-18/h4-12,14H,13H2,1-3H3. The van der Waals surface area contributed by atoms with Crippen molar-refractivity contribution in [2.45, 2.75) is 33.4 Å². The topological polar surface area (TPSA) is 37.6 Å². The molecule has 0 fully saturated rings. The summed E-state index contributed by atoms with van der Waals surface area (Å²) >= 11 is 0. The Bertz CT molecular complexity index is 821. The fourth-order valence-corrected chi connectivity index (χ4v) is 2.75. The Balaban J connectivity index is 1.97. The minimum absolute atomic E-state index is 0.0272. The second-order valence-electron chi connectivity index (χ2n) is 5.98. The first-order valence-electron chi connectivity index (χ1n) is 7.86. The molecule has 0 radical (unpaired) electrons. The highest BCUT2D eigenvalue weighted by atomic mass is 16.2. The van der Waals surface area contributed by atoms with Crippen molar-refractivity contribution < 1.29 is 4.79 Å². The van der Waals surface area contributed by atoms with Crippen molar-refractivity contribution in [3.05, 3.63) is 71.8 Å². The molecule has 2 aromatic heterocycles. The van der Waals surface area contributed by atoms with Crippen molar-refractivity contribution in [3.63, 3.8) is 0 Å². The minimum Gasteiger partial charge on any atom is -0.330 e. The summed E-state index contributed by atoms with van der Waals surface area (Å²) in [5.74, 6) is 0.799. The van der Waals surface area contributed by atoms with E-state index in [1.54, 1.807) is 0 Å². The molecule has 0 aliphatic carbocycles. The molecule has 0 unspecified atom stereocenters. The van der Waals surface area contributed by atoms with Gasteiger partial charge in [-0.05, 0) is 38.5 Å². The maximum atomic E-state index is 13.1. The monoisotopic (exact) mass is 307 g/mol. The van der Waals surface area contributed by atoms with Gasteiger partial charge in [0, 0.05) is 18.8 Å². The van der Waals surface area contributed by atoms with Gasteiger partial charge in [0.2, 0.25) is 0 Å². The number of aryl methyl sites for hydroxylation is 1. The highest BCUT2D eigenvalue weighted by molar-refractivity contribution is 5.99. The van der Waals surface area contributed by atoms with Gasteiger partial charge >= 0.3 is 0 Å². The second kappa shape index (κ2) is 6.24. The zero-order valence-electron chi connectivity index (χ0n) is 13.7. The third-order valence-electron chi connectivity index (χ3n) is 4.01. The van der Waals surface area contributed by atoms with Crippen molar-refractivity contribution in [3.8, 4) is 0 Å². The summed E-state index contributed by atoms with van der Waals surface area (Å²) in [6, 6.07) is 16.0. The van der Waals surface area contributed by atoms with E-state index in [4.69, 9.17) is 0 Å². The van der Waals surface area contributed by atoms with E-state index in [0.717, 1.165) is 16.9 Å². The number of amides is 1. The molecule has 0 N–H and O–H groups in total. The van der Waals surface area contributed by atoms with E-state index in [9.17, 15) is 4.79 Å². The largest absolute Gasteiger partial charge is 0.330 e. The van der Waals surface area contributed by atoms with Gasteiger partial charge in [0.05, 0.1) is 5.52 Å². The molecule has 1 amide bonds. The van der Waals surface area contributed by atoms with Crippen LogP contribution in [0.2, 0.25) is 0 Å². The van der Waals surface area contributed by atoms with Crippen molar-refractivity contribution in [1.29, 1.82) is 0 Å². The maximum absolute atomic E-state index is 13.1. The lowest BCUT2D eigenvalue weighted by atomic mass is 10.1. The van der Waals surface area contributed by atoms with Gasteiger partial charge in [0.15, 0.2) is 5.69 Å². The molecule has 0 saturated heterocycles. The molecular weight excluding hydrogens is 286 g/mol. The molecule has 0 saturated carbocycles. The molecule has 2 heterocycles. The van der Waals surface area contributed by atoms with E-state index >= 15 is 0 Å². The van der Waals surface area contributed by atoms with Gasteiger partial charge in [-0.15, -0.1) is 0 Å². The van der Waals surface area contributed by atoms with Crippen molar-refractivity contribution in [1.82, 2.24) is 14.3 Å². The summed E-state index contributed by atoms with van der Waals surface area (Å²) < 4.78 is 1.95. The van der Waals surface area contributed by atoms with E-state index in [1.165, 1.54) is 0 Å². The van der Waals surface area contributed by atoms with Gasteiger partial charge in [0.25, 0.3) is 5.91 Å². The van der Waals surface area contributed by atoms with Gasteiger partial charge in [-0.3, -0.25) is 4.79 Å². The van der Waals surface area contributed by atoms with Crippen LogP contribution in [0.4, 0.5) is 0 Å². The van der Waals surface area contributed by atoms with Crippen LogP contribution in [0.3, 0.4) is 0 Å². The molecule has 0 aliphatic heterocycles. The second-order valence-corrected chi connectivity index (χ2v) is 5.98. The van der Waals surface area contributed by atoms with Crippen LogP contribution in [0, 0.1) is 6.92 Å². The van der Waals surface area contributed by atoms with Crippen LogP contribution in [-0.2, 0) is 6.54 Å². The molecular formula is C19H21N3O. The number of rotatable bonds is 4. The predicted octanol–water partition coefficient (Wildman–Crippen LogP) is 3.69. The fourth-order valence-electron chi connectivity index (χ4n) is 2.75. The predicted molar refractivity (Wildman–Crippen MR) is 91.4 cm³/mol. The smallest absolute Gasteiger partial charge is 0.275 e. The minimum atomic E-state index is -0.0272. The molecule has 4 heteroatoms. The Kier molecular flexibility index (Phi) is 4.15. The molecule has 4 nitrogen and oxygen atoms in total. The number of aromatic nitrogens is 2. The number of benzene rings is 1. The van der Waals surface area contributed by atoms with Gasteiger partial charge in [-0.2, -0.15) is 0 Å². The first-order valence-corrected chi connectivity index (χ1v) is 7.86. The summed E-state index contributed by atoms with van der Waals surface area (Å²) in [5, 5.41) is 0. The van der Waals surface area contributed by atoms with Gasteiger partial charge < -0.3 is 9.30 Å². The number of carbonyl (C=O) groups excluding carboxylic acids is 1. The van der Waals surface area contributed by atoms with E-state index in [0.29, 0.717) is 12.2 Å². The number of nitrogens with zero attached hydrogens (tertiary/aromatic N) is 3. The number of pyridine rings is 1. The molecule has 118 valence electrons. The zero-order valence-corrected chi connectivity index (χ0v) is 13.7. The summed E-state index contributed by atoms with van der Waals surface area (Å²) in [6.07, 6.45) is 1.94. The quantitative estimate of drug-likeness (QED) is 0.737. The lowest BCUT2D eigenvalue weighted by molar-refractivity contribution is 0.0687. The van der Waals surface area contributed by atoms with Gasteiger partial charge in [-0.1, -0.05) is 36.4 Å². The summed E-state index contributed by atoms with van der Waals surface area (Å²) in [7, 11) is 0. The van der Waals surface area contributed by atoms with Crippen LogP contribution in [0.15, 0.2) is 54.7 Å². The molecule has 0 atom stereocenters. The molecule has 0 bridgehead atoms. The van der Waals surface area contributed by atoms with Crippen molar-refractivity contribution in [2.24, 2.45) is 0 Å². The number of imidazole rings is 1. The van der Waals surface area contributed by atoms with Crippen molar-refractivity contribution in [2.75, 3.05) is 0 Å². The van der Waals surface area contributed by atoms with Gasteiger partial charge in [0.1, 0.15) is 5.82 Å². The SMILES string of the molecule is Cc1nc(C(=O)N(Cc2ccccc2)C(C)C)c2ccccn12. The van der Waals surface area contributed by atoms with E-state index in [1.807, 2.05) is 84.8 Å². The third-order valence-corrected chi connectivity index (χ3v) is 4.01. The number of fused-ring (bicyclic) bond motifs is 1. The lowest BCUT2D eigenvalue weighted by Gasteiger charge is -2.26. The molecule has 0 spiro atoms.